The molecule has 20 heavy (non-hydrogen) atoms. The molecule has 0 aliphatic rings. The van der Waals surface area contributed by atoms with Gasteiger partial charge in [0.2, 0.25) is 5.76 Å². The van der Waals surface area contributed by atoms with Gasteiger partial charge in [-0.05, 0) is 53.8 Å². The Kier molecular flexibility index (Phi) is 4.78. The molecule has 1 heterocycles. The second kappa shape index (κ2) is 6.56. The van der Waals surface area contributed by atoms with Crippen LogP contribution in [0.15, 0.2) is 34.9 Å². The zero-order valence-corrected chi connectivity index (χ0v) is 12.7. The number of rotatable bonds is 5. The molecule has 2 aromatic rings. The fourth-order valence-electron chi connectivity index (χ4n) is 1.56. The SMILES string of the molecule is CCOc1cc(C=O)cc(I)c1OC(=O)c1ccco1. The molecule has 5 nitrogen and oxygen atoms in total. The molecule has 0 aliphatic heterocycles. The van der Waals surface area contributed by atoms with Gasteiger partial charge in [-0.25, -0.2) is 4.79 Å². The third-order valence-corrected chi connectivity index (χ3v) is 3.19. The van der Waals surface area contributed by atoms with Gasteiger partial charge < -0.3 is 13.9 Å². The van der Waals surface area contributed by atoms with Crippen LogP contribution in [0.2, 0.25) is 0 Å². The summed E-state index contributed by atoms with van der Waals surface area (Å²) in [6.07, 6.45) is 2.10. The Bertz CT molecular complexity index is 619. The van der Waals surface area contributed by atoms with Crippen LogP contribution < -0.4 is 9.47 Å². The van der Waals surface area contributed by atoms with Crippen molar-refractivity contribution < 1.29 is 23.5 Å². The lowest BCUT2D eigenvalue weighted by Gasteiger charge is -2.12. The van der Waals surface area contributed by atoms with Crippen molar-refractivity contribution in [2.24, 2.45) is 0 Å². The van der Waals surface area contributed by atoms with Gasteiger partial charge in [0.05, 0.1) is 16.4 Å². The largest absolute Gasteiger partial charge is 0.490 e. The Labute approximate surface area is 129 Å². The molecule has 0 amide bonds. The number of furan rings is 1. The minimum Gasteiger partial charge on any atom is -0.490 e. The monoisotopic (exact) mass is 386 g/mol. The molecule has 2 rings (SSSR count). The van der Waals surface area contributed by atoms with Gasteiger partial charge in [-0.15, -0.1) is 0 Å². The number of carbonyl (C=O) groups is 2. The van der Waals surface area contributed by atoms with Gasteiger partial charge in [-0.3, -0.25) is 4.79 Å². The lowest BCUT2D eigenvalue weighted by atomic mass is 10.2. The lowest BCUT2D eigenvalue weighted by Crippen LogP contribution is -2.10. The van der Waals surface area contributed by atoms with Gasteiger partial charge >= 0.3 is 5.97 Å². The number of benzene rings is 1. The molecule has 1 aromatic carbocycles. The first kappa shape index (κ1) is 14.6. The molecule has 0 atom stereocenters. The Hall–Kier alpha value is -1.83. The summed E-state index contributed by atoms with van der Waals surface area (Å²) in [5.74, 6) is 0.108. The molecule has 0 unspecified atom stereocenters. The second-order valence-electron chi connectivity index (χ2n) is 3.75. The molecule has 104 valence electrons. The highest BCUT2D eigenvalue weighted by atomic mass is 127. The summed E-state index contributed by atoms with van der Waals surface area (Å²) in [4.78, 5) is 22.7. The van der Waals surface area contributed by atoms with Crippen LogP contribution in [0.5, 0.6) is 11.5 Å². The average Bonchev–Trinajstić information content (AvgIpc) is 2.96. The minimum absolute atomic E-state index is 0.0997. The normalized spacial score (nSPS) is 10.1. The van der Waals surface area contributed by atoms with E-state index in [4.69, 9.17) is 13.9 Å². The highest BCUT2D eigenvalue weighted by molar-refractivity contribution is 14.1. The van der Waals surface area contributed by atoms with Crippen LogP contribution in [0.3, 0.4) is 0 Å². The van der Waals surface area contributed by atoms with Gasteiger partial charge in [-0.1, -0.05) is 0 Å². The number of hydrogen-bond acceptors (Lipinski definition) is 5. The maximum absolute atomic E-state index is 11.9. The van der Waals surface area contributed by atoms with Gasteiger partial charge in [0.25, 0.3) is 0 Å². The molecule has 0 saturated heterocycles. The van der Waals surface area contributed by atoms with Crippen molar-refractivity contribution in [3.63, 3.8) is 0 Å². The summed E-state index contributed by atoms with van der Waals surface area (Å²) in [5, 5.41) is 0. The van der Waals surface area contributed by atoms with Crippen molar-refractivity contribution in [3.8, 4) is 11.5 Å². The van der Waals surface area contributed by atoms with E-state index >= 15 is 0 Å². The molecule has 0 bridgehead atoms. The first-order valence-corrected chi connectivity index (χ1v) is 6.90. The van der Waals surface area contributed by atoms with E-state index in [0.717, 1.165) is 0 Å². The van der Waals surface area contributed by atoms with E-state index in [-0.39, 0.29) is 11.5 Å². The summed E-state index contributed by atoms with van der Waals surface area (Å²) < 4.78 is 16.3. The first-order valence-electron chi connectivity index (χ1n) is 5.83. The molecule has 0 saturated carbocycles. The maximum Gasteiger partial charge on any atom is 0.379 e. The molecule has 0 aliphatic carbocycles. The Morgan fingerprint density at radius 1 is 1.45 bits per heavy atom. The second-order valence-corrected chi connectivity index (χ2v) is 4.91. The third kappa shape index (κ3) is 3.19. The number of ether oxygens (including phenoxy) is 2. The van der Waals surface area contributed by atoms with Crippen LogP contribution >= 0.6 is 22.6 Å². The summed E-state index contributed by atoms with van der Waals surface area (Å²) in [6, 6.07) is 6.25. The van der Waals surface area contributed by atoms with E-state index in [1.54, 1.807) is 19.1 Å². The maximum atomic E-state index is 11.9. The van der Waals surface area contributed by atoms with Gasteiger partial charge in [-0.2, -0.15) is 0 Å². The van der Waals surface area contributed by atoms with Crippen molar-refractivity contribution in [3.05, 3.63) is 45.4 Å². The summed E-state index contributed by atoms with van der Waals surface area (Å²) in [7, 11) is 0. The van der Waals surface area contributed by atoms with Crippen molar-refractivity contribution in [1.82, 2.24) is 0 Å². The van der Waals surface area contributed by atoms with E-state index < -0.39 is 5.97 Å². The van der Waals surface area contributed by atoms with Crippen molar-refractivity contribution in [2.75, 3.05) is 6.61 Å². The third-order valence-electron chi connectivity index (χ3n) is 2.38. The van der Waals surface area contributed by atoms with E-state index in [2.05, 4.69) is 0 Å². The van der Waals surface area contributed by atoms with E-state index in [1.165, 1.54) is 18.4 Å². The predicted molar refractivity (Wildman–Crippen MR) is 79.4 cm³/mol. The molecular weight excluding hydrogens is 375 g/mol. The minimum atomic E-state index is -0.618. The van der Waals surface area contributed by atoms with Gasteiger partial charge in [0.15, 0.2) is 11.5 Å². The Morgan fingerprint density at radius 2 is 2.25 bits per heavy atom. The van der Waals surface area contributed by atoms with E-state index in [1.807, 2.05) is 22.6 Å². The number of carbonyl (C=O) groups excluding carboxylic acids is 2. The highest BCUT2D eigenvalue weighted by Crippen LogP contribution is 2.34. The number of aldehydes is 1. The van der Waals surface area contributed by atoms with E-state index in [0.29, 0.717) is 27.8 Å². The Morgan fingerprint density at radius 3 is 2.85 bits per heavy atom. The number of halogens is 1. The zero-order valence-electron chi connectivity index (χ0n) is 10.6. The summed E-state index contributed by atoms with van der Waals surface area (Å²) in [5.41, 5.74) is 0.454. The van der Waals surface area contributed by atoms with Crippen LogP contribution in [-0.2, 0) is 0 Å². The van der Waals surface area contributed by atoms with Crippen LogP contribution in [0, 0.1) is 3.57 Å². The number of hydrogen-bond donors (Lipinski definition) is 0. The quantitative estimate of drug-likeness (QED) is 0.342. The van der Waals surface area contributed by atoms with Crippen LogP contribution in [0.25, 0.3) is 0 Å². The Balaban J connectivity index is 2.34. The fraction of sp³-hybridized carbons (Fsp3) is 0.143. The van der Waals surface area contributed by atoms with Gasteiger partial charge in [0, 0.05) is 5.56 Å². The van der Waals surface area contributed by atoms with Crippen molar-refractivity contribution >= 4 is 34.8 Å². The topological polar surface area (TPSA) is 65.7 Å². The molecule has 0 radical (unpaired) electrons. The van der Waals surface area contributed by atoms with E-state index in [9.17, 15) is 9.59 Å². The highest BCUT2D eigenvalue weighted by Gasteiger charge is 2.18. The van der Waals surface area contributed by atoms with Crippen LogP contribution in [0.4, 0.5) is 0 Å². The standard InChI is InChI=1S/C14H11IO5/c1-2-18-12-7-9(8-16)6-10(15)13(12)20-14(17)11-4-3-5-19-11/h3-8H,2H2,1H3. The smallest absolute Gasteiger partial charge is 0.379 e. The summed E-state index contributed by atoms with van der Waals surface area (Å²) >= 11 is 1.98. The molecular formula is C14H11IO5. The van der Waals surface area contributed by atoms with Crippen molar-refractivity contribution in [1.29, 1.82) is 0 Å². The fourth-order valence-corrected chi connectivity index (χ4v) is 2.29. The molecule has 0 N–H and O–H groups in total. The lowest BCUT2D eigenvalue weighted by molar-refractivity contribution is 0.0693. The molecule has 0 spiro atoms. The number of esters is 1. The van der Waals surface area contributed by atoms with Gasteiger partial charge in [0.1, 0.15) is 6.29 Å². The predicted octanol–water partition coefficient (Wildman–Crippen LogP) is 3.31. The average molecular weight is 386 g/mol. The summed E-state index contributed by atoms with van der Waals surface area (Å²) in [6.45, 7) is 2.20. The van der Waals surface area contributed by atoms with Crippen LogP contribution in [-0.4, -0.2) is 18.9 Å². The molecule has 1 aromatic heterocycles. The first-order chi connectivity index (χ1) is 9.65. The zero-order chi connectivity index (χ0) is 14.5. The molecule has 6 heteroatoms. The molecule has 0 fully saturated rings. The van der Waals surface area contributed by atoms with Crippen LogP contribution in [0.1, 0.15) is 27.8 Å². The van der Waals surface area contributed by atoms with Crippen molar-refractivity contribution in [2.45, 2.75) is 6.92 Å².